The highest BCUT2D eigenvalue weighted by Crippen LogP contribution is 2.28. The molecule has 0 aliphatic heterocycles. The Labute approximate surface area is 160 Å². The van der Waals surface area contributed by atoms with Gasteiger partial charge in [-0.1, -0.05) is 24.3 Å². The first-order valence-electron chi connectivity index (χ1n) is 8.48. The molecule has 0 saturated heterocycles. The predicted octanol–water partition coefficient (Wildman–Crippen LogP) is 5.42. The summed E-state index contributed by atoms with van der Waals surface area (Å²) in [6, 6.07) is 20.3. The van der Waals surface area contributed by atoms with Gasteiger partial charge in [-0.2, -0.15) is 0 Å². The third-order valence-corrected chi connectivity index (χ3v) is 5.18. The highest BCUT2D eigenvalue weighted by molar-refractivity contribution is 7.13. The molecule has 0 atom stereocenters. The van der Waals surface area contributed by atoms with Crippen LogP contribution in [-0.4, -0.2) is 16.7 Å². The number of nitrogens with one attached hydrogen (secondary N) is 1. The first-order chi connectivity index (χ1) is 13.1. The molecule has 0 aliphatic carbocycles. The number of rotatable bonds is 4. The number of carbonyl (C=O) groups is 2. The molecule has 4 aromatic rings. The average Bonchev–Trinajstić information content (AvgIpc) is 3.22. The van der Waals surface area contributed by atoms with Crippen LogP contribution in [0.3, 0.4) is 0 Å². The van der Waals surface area contributed by atoms with E-state index in [9.17, 15) is 9.59 Å². The minimum Gasteiger partial charge on any atom is -0.322 e. The lowest BCUT2D eigenvalue weighted by atomic mass is 10.1. The standard InChI is InChI=1S/C22H16N2O2S/c1-14(25)15-8-10-16(11-9-15)23-22(26)18-13-20(21-7-4-12-27-21)24-19-6-3-2-5-17(18)19/h2-13H,1H3,(H,23,26). The number of hydrogen-bond donors (Lipinski definition) is 1. The van der Waals surface area contributed by atoms with Gasteiger partial charge in [-0.3, -0.25) is 9.59 Å². The number of anilines is 1. The molecule has 0 fully saturated rings. The first-order valence-corrected chi connectivity index (χ1v) is 9.36. The Morgan fingerprint density at radius 1 is 0.963 bits per heavy atom. The number of carbonyl (C=O) groups excluding carboxylic acids is 2. The van der Waals surface area contributed by atoms with E-state index >= 15 is 0 Å². The zero-order chi connectivity index (χ0) is 18.8. The molecule has 5 heteroatoms. The number of benzene rings is 2. The van der Waals surface area contributed by atoms with Crippen molar-refractivity contribution < 1.29 is 9.59 Å². The van der Waals surface area contributed by atoms with E-state index in [4.69, 9.17) is 4.98 Å². The Morgan fingerprint density at radius 2 is 1.74 bits per heavy atom. The number of Topliss-reactive ketones (excluding diaryl/α,β-unsaturated/α-hetero) is 1. The van der Waals surface area contributed by atoms with Crippen LogP contribution in [0.5, 0.6) is 0 Å². The monoisotopic (exact) mass is 372 g/mol. The first kappa shape index (κ1) is 17.1. The van der Waals surface area contributed by atoms with Crippen molar-refractivity contribution in [3.63, 3.8) is 0 Å². The van der Waals surface area contributed by atoms with Gasteiger partial charge in [0.1, 0.15) is 0 Å². The van der Waals surface area contributed by atoms with E-state index in [2.05, 4.69) is 5.32 Å². The minimum absolute atomic E-state index is 0.00593. The van der Waals surface area contributed by atoms with Crippen LogP contribution in [0, 0.1) is 0 Å². The van der Waals surface area contributed by atoms with Crippen molar-refractivity contribution in [1.29, 1.82) is 0 Å². The van der Waals surface area contributed by atoms with Crippen LogP contribution >= 0.6 is 11.3 Å². The SMILES string of the molecule is CC(=O)c1ccc(NC(=O)c2cc(-c3cccs3)nc3ccccc23)cc1. The van der Waals surface area contributed by atoms with Crippen LogP contribution < -0.4 is 5.32 Å². The molecule has 0 aliphatic rings. The molecule has 27 heavy (non-hydrogen) atoms. The summed E-state index contributed by atoms with van der Waals surface area (Å²) in [5, 5.41) is 5.70. The lowest BCUT2D eigenvalue weighted by molar-refractivity contribution is 0.101. The van der Waals surface area contributed by atoms with Gasteiger partial charge in [0.25, 0.3) is 5.91 Å². The molecule has 2 aromatic carbocycles. The molecule has 0 spiro atoms. The van der Waals surface area contributed by atoms with Gasteiger partial charge in [0.2, 0.25) is 0 Å². The number of amides is 1. The predicted molar refractivity (Wildman–Crippen MR) is 109 cm³/mol. The van der Waals surface area contributed by atoms with Crippen molar-refractivity contribution in [3.8, 4) is 10.6 Å². The van der Waals surface area contributed by atoms with Crippen molar-refractivity contribution in [3.05, 3.63) is 83.2 Å². The normalized spacial score (nSPS) is 10.7. The maximum absolute atomic E-state index is 13.0. The summed E-state index contributed by atoms with van der Waals surface area (Å²) in [4.78, 5) is 30.1. The van der Waals surface area contributed by atoms with Gasteiger partial charge in [0.05, 0.1) is 21.7 Å². The Hall–Kier alpha value is -3.31. The fraction of sp³-hybridized carbons (Fsp3) is 0.0455. The van der Waals surface area contributed by atoms with Crippen LogP contribution in [-0.2, 0) is 0 Å². The zero-order valence-electron chi connectivity index (χ0n) is 14.6. The van der Waals surface area contributed by atoms with E-state index in [0.29, 0.717) is 16.8 Å². The molecule has 0 radical (unpaired) electrons. The molecule has 0 saturated carbocycles. The third-order valence-electron chi connectivity index (χ3n) is 4.28. The van der Waals surface area contributed by atoms with E-state index < -0.39 is 0 Å². The Balaban J connectivity index is 1.73. The summed E-state index contributed by atoms with van der Waals surface area (Å²) in [5.41, 5.74) is 3.38. The van der Waals surface area contributed by atoms with Crippen LogP contribution in [0.4, 0.5) is 5.69 Å². The molecule has 2 aromatic heterocycles. The molecule has 4 rings (SSSR count). The maximum Gasteiger partial charge on any atom is 0.256 e. The molecule has 4 nitrogen and oxygen atoms in total. The van der Waals surface area contributed by atoms with Gasteiger partial charge in [-0.25, -0.2) is 4.98 Å². The van der Waals surface area contributed by atoms with Crippen molar-refractivity contribution in [2.45, 2.75) is 6.92 Å². The van der Waals surface area contributed by atoms with Crippen molar-refractivity contribution in [2.24, 2.45) is 0 Å². The number of aromatic nitrogens is 1. The smallest absolute Gasteiger partial charge is 0.256 e. The summed E-state index contributed by atoms with van der Waals surface area (Å²) in [5.74, 6) is -0.212. The molecule has 0 bridgehead atoms. The van der Waals surface area contributed by atoms with Crippen LogP contribution in [0.1, 0.15) is 27.6 Å². The molecule has 1 N–H and O–H groups in total. The second kappa shape index (κ2) is 7.13. The molecule has 1 amide bonds. The number of fused-ring (bicyclic) bond motifs is 1. The Morgan fingerprint density at radius 3 is 2.44 bits per heavy atom. The summed E-state index contributed by atoms with van der Waals surface area (Å²) in [6.07, 6.45) is 0. The van der Waals surface area contributed by atoms with Gasteiger partial charge in [0.15, 0.2) is 5.78 Å². The molecular formula is C22H16N2O2S. The molecular weight excluding hydrogens is 356 g/mol. The summed E-state index contributed by atoms with van der Waals surface area (Å²) in [7, 11) is 0. The number of ketones is 1. The third kappa shape index (κ3) is 3.50. The highest BCUT2D eigenvalue weighted by atomic mass is 32.1. The van der Waals surface area contributed by atoms with Gasteiger partial charge in [-0.15, -0.1) is 11.3 Å². The Kier molecular flexibility index (Phi) is 4.52. The topological polar surface area (TPSA) is 59.1 Å². The summed E-state index contributed by atoms with van der Waals surface area (Å²) >= 11 is 1.59. The minimum atomic E-state index is -0.206. The van der Waals surface area contributed by atoms with Gasteiger partial charge in [-0.05, 0) is 54.8 Å². The highest BCUT2D eigenvalue weighted by Gasteiger charge is 2.14. The average molecular weight is 372 g/mol. The van der Waals surface area contributed by atoms with Gasteiger partial charge >= 0.3 is 0 Å². The van der Waals surface area contributed by atoms with Crippen LogP contribution in [0.25, 0.3) is 21.5 Å². The van der Waals surface area contributed by atoms with Gasteiger partial charge < -0.3 is 5.32 Å². The number of nitrogens with zero attached hydrogens (tertiary/aromatic N) is 1. The van der Waals surface area contributed by atoms with E-state index in [1.54, 1.807) is 35.6 Å². The zero-order valence-corrected chi connectivity index (χ0v) is 15.4. The van der Waals surface area contributed by atoms with Gasteiger partial charge in [0, 0.05) is 16.6 Å². The second-order valence-corrected chi connectivity index (χ2v) is 7.08. The summed E-state index contributed by atoms with van der Waals surface area (Å²) in [6.45, 7) is 1.52. The second-order valence-electron chi connectivity index (χ2n) is 6.14. The fourth-order valence-corrected chi connectivity index (χ4v) is 3.59. The van der Waals surface area contributed by atoms with E-state index in [0.717, 1.165) is 21.5 Å². The van der Waals surface area contributed by atoms with E-state index in [-0.39, 0.29) is 11.7 Å². The Bertz CT molecular complexity index is 1130. The number of para-hydroxylation sites is 1. The van der Waals surface area contributed by atoms with Crippen molar-refractivity contribution in [2.75, 3.05) is 5.32 Å². The number of hydrogen-bond acceptors (Lipinski definition) is 4. The quantitative estimate of drug-likeness (QED) is 0.487. The number of pyridine rings is 1. The fourth-order valence-electron chi connectivity index (χ4n) is 2.90. The molecule has 132 valence electrons. The van der Waals surface area contributed by atoms with E-state index in [1.165, 1.54) is 6.92 Å². The molecule has 2 heterocycles. The lowest BCUT2D eigenvalue weighted by Crippen LogP contribution is -2.13. The van der Waals surface area contributed by atoms with E-state index in [1.807, 2.05) is 47.8 Å². The number of thiophene rings is 1. The lowest BCUT2D eigenvalue weighted by Gasteiger charge is -2.10. The van der Waals surface area contributed by atoms with Crippen molar-refractivity contribution >= 4 is 39.6 Å². The van der Waals surface area contributed by atoms with Crippen LogP contribution in [0.15, 0.2) is 72.1 Å². The molecule has 0 unspecified atom stereocenters. The van der Waals surface area contributed by atoms with Crippen molar-refractivity contribution in [1.82, 2.24) is 4.98 Å². The maximum atomic E-state index is 13.0. The van der Waals surface area contributed by atoms with Crippen LogP contribution in [0.2, 0.25) is 0 Å². The largest absolute Gasteiger partial charge is 0.322 e. The summed E-state index contributed by atoms with van der Waals surface area (Å²) < 4.78 is 0.